The first kappa shape index (κ1) is 13.7. The average Bonchev–Trinajstić information content (AvgIpc) is 2.25. The molecule has 17 heavy (non-hydrogen) atoms. The van der Waals surface area contributed by atoms with Crippen molar-refractivity contribution in [1.82, 2.24) is 9.97 Å². The van der Waals surface area contributed by atoms with Gasteiger partial charge in [-0.05, 0) is 19.8 Å². The van der Waals surface area contributed by atoms with Gasteiger partial charge >= 0.3 is 0 Å². The lowest BCUT2D eigenvalue weighted by molar-refractivity contribution is 0.282. The molecule has 5 heteroatoms. The predicted octanol–water partition coefficient (Wildman–Crippen LogP) is 1.47. The summed E-state index contributed by atoms with van der Waals surface area (Å²) in [7, 11) is 0. The largest absolute Gasteiger partial charge is 0.396 e. The van der Waals surface area contributed by atoms with E-state index in [2.05, 4.69) is 15.3 Å². The first-order valence-corrected chi connectivity index (χ1v) is 6.01. The summed E-state index contributed by atoms with van der Waals surface area (Å²) in [6.45, 7) is 6.16. The molecule has 0 amide bonds. The summed E-state index contributed by atoms with van der Waals surface area (Å²) in [6, 6.07) is 1.65. The van der Waals surface area contributed by atoms with Crippen molar-refractivity contribution >= 4 is 5.82 Å². The van der Waals surface area contributed by atoms with Crippen LogP contribution in [0.15, 0.2) is 10.9 Å². The summed E-state index contributed by atoms with van der Waals surface area (Å²) in [4.78, 5) is 18.5. The third kappa shape index (κ3) is 4.56. The first-order valence-electron chi connectivity index (χ1n) is 6.01. The topological polar surface area (TPSA) is 78.0 Å². The Hall–Kier alpha value is -1.36. The van der Waals surface area contributed by atoms with E-state index < -0.39 is 0 Å². The lowest BCUT2D eigenvalue weighted by atomic mass is 10.2. The number of aliphatic hydroxyl groups excluding tert-OH is 1. The van der Waals surface area contributed by atoms with Gasteiger partial charge in [-0.3, -0.25) is 4.79 Å². The van der Waals surface area contributed by atoms with E-state index >= 15 is 0 Å². The molecule has 0 bridgehead atoms. The van der Waals surface area contributed by atoms with Crippen LogP contribution in [-0.2, 0) is 0 Å². The zero-order chi connectivity index (χ0) is 12.8. The van der Waals surface area contributed by atoms with Gasteiger partial charge in [0.05, 0.1) is 0 Å². The molecule has 0 aliphatic heterocycles. The smallest absolute Gasteiger partial charge is 0.252 e. The number of H-pyrrole nitrogens is 1. The first-order chi connectivity index (χ1) is 8.02. The summed E-state index contributed by atoms with van der Waals surface area (Å²) >= 11 is 0. The van der Waals surface area contributed by atoms with Gasteiger partial charge in [-0.15, -0.1) is 0 Å². The Labute approximate surface area is 101 Å². The lowest BCUT2D eigenvalue weighted by Gasteiger charge is -2.14. The zero-order valence-corrected chi connectivity index (χ0v) is 10.7. The van der Waals surface area contributed by atoms with Crippen molar-refractivity contribution in [2.24, 2.45) is 0 Å². The van der Waals surface area contributed by atoms with Gasteiger partial charge in [0.1, 0.15) is 11.6 Å². The number of rotatable bonds is 6. The number of hydrogen-bond acceptors (Lipinski definition) is 4. The van der Waals surface area contributed by atoms with Crippen LogP contribution in [0.4, 0.5) is 5.82 Å². The molecule has 0 fully saturated rings. The van der Waals surface area contributed by atoms with E-state index in [4.69, 9.17) is 5.11 Å². The molecule has 3 N–H and O–H groups in total. The van der Waals surface area contributed by atoms with Crippen LogP contribution in [0, 0.1) is 0 Å². The fraction of sp³-hybridized carbons (Fsp3) is 0.667. The normalized spacial score (nSPS) is 12.8. The molecule has 0 radical (unpaired) electrons. The van der Waals surface area contributed by atoms with Crippen LogP contribution in [0.2, 0.25) is 0 Å². The second kappa shape index (κ2) is 6.39. The van der Waals surface area contributed by atoms with E-state index in [9.17, 15) is 4.79 Å². The number of nitrogens with zero attached hydrogens (tertiary/aromatic N) is 1. The SMILES string of the molecule is CC(CCCO)Nc1cc(=O)[nH]c(C(C)C)n1. The van der Waals surface area contributed by atoms with Crippen molar-refractivity contribution in [2.75, 3.05) is 11.9 Å². The van der Waals surface area contributed by atoms with Crippen molar-refractivity contribution < 1.29 is 5.11 Å². The monoisotopic (exact) mass is 239 g/mol. The second-order valence-electron chi connectivity index (χ2n) is 4.58. The molecule has 0 saturated heterocycles. The zero-order valence-electron chi connectivity index (χ0n) is 10.7. The molecule has 1 aromatic heterocycles. The van der Waals surface area contributed by atoms with E-state index in [1.807, 2.05) is 20.8 Å². The standard InChI is InChI=1S/C12H21N3O2/c1-8(2)12-14-10(7-11(17)15-12)13-9(3)5-4-6-16/h7-9,16H,4-6H2,1-3H3,(H2,13,14,15,17). The number of nitrogens with one attached hydrogen (secondary N) is 2. The van der Waals surface area contributed by atoms with Gasteiger partial charge in [0.25, 0.3) is 5.56 Å². The third-order valence-electron chi connectivity index (χ3n) is 2.50. The van der Waals surface area contributed by atoms with E-state index in [1.165, 1.54) is 6.07 Å². The highest BCUT2D eigenvalue weighted by Crippen LogP contribution is 2.10. The van der Waals surface area contributed by atoms with Crippen LogP contribution in [0.3, 0.4) is 0 Å². The fourth-order valence-corrected chi connectivity index (χ4v) is 1.55. The third-order valence-corrected chi connectivity index (χ3v) is 2.50. The van der Waals surface area contributed by atoms with Crippen LogP contribution in [-0.4, -0.2) is 27.7 Å². The number of hydrogen-bond donors (Lipinski definition) is 3. The summed E-state index contributed by atoms with van der Waals surface area (Å²) < 4.78 is 0. The molecule has 0 saturated carbocycles. The van der Waals surface area contributed by atoms with Crippen molar-refractivity contribution in [2.45, 2.75) is 45.6 Å². The summed E-state index contributed by atoms with van der Waals surface area (Å²) in [6.07, 6.45) is 1.59. The Morgan fingerprint density at radius 2 is 2.18 bits per heavy atom. The van der Waals surface area contributed by atoms with Gasteiger partial charge in [0.2, 0.25) is 0 Å². The van der Waals surface area contributed by atoms with Crippen LogP contribution in [0.25, 0.3) is 0 Å². The van der Waals surface area contributed by atoms with Crippen molar-refractivity contribution in [1.29, 1.82) is 0 Å². The van der Waals surface area contributed by atoms with Gasteiger partial charge in [-0.1, -0.05) is 13.8 Å². The molecule has 0 aliphatic rings. The van der Waals surface area contributed by atoms with Crippen LogP contribution >= 0.6 is 0 Å². The molecule has 1 rings (SSSR count). The number of aromatic amines is 1. The Kier molecular flexibility index (Phi) is 5.15. The molecule has 0 spiro atoms. The molecule has 1 atom stereocenters. The molecule has 5 nitrogen and oxygen atoms in total. The summed E-state index contributed by atoms with van der Waals surface area (Å²) in [5, 5.41) is 11.9. The van der Waals surface area contributed by atoms with Gasteiger partial charge in [0, 0.05) is 24.6 Å². The highest BCUT2D eigenvalue weighted by Gasteiger charge is 2.07. The molecule has 1 unspecified atom stereocenters. The van der Waals surface area contributed by atoms with Gasteiger partial charge in [-0.2, -0.15) is 0 Å². The van der Waals surface area contributed by atoms with Crippen LogP contribution in [0.1, 0.15) is 45.4 Å². The van der Waals surface area contributed by atoms with Crippen molar-refractivity contribution in [3.05, 3.63) is 22.2 Å². The maximum atomic E-state index is 11.4. The summed E-state index contributed by atoms with van der Waals surface area (Å²) in [5.74, 6) is 1.48. The Morgan fingerprint density at radius 1 is 1.47 bits per heavy atom. The molecule has 1 heterocycles. The molecule has 1 aromatic rings. The minimum absolute atomic E-state index is 0.138. The predicted molar refractivity (Wildman–Crippen MR) is 68.4 cm³/mol. The van der Waals surface area contributed by atoms with E-state index in [0.717, 1.165) is 12.8 Å². The minimum atomic E-state index is -0.138. The quantitative estimate of drug-likeness (QED) is 0.702. The van der Waals surface area contributed by atoms with Gasteiger partial charge < -0.3 is 15.4 Å². The average molecular weight is 239 g/mol. The molecular formula is C12H21N3O2. The van der Waals surface area contributed by atoms with E-state index in [0.29, 0.717) is 11.6 Å². The summed E-state index contributed by atoms with van der Waals surface area (Å²) in [5.41, 5.74) is -0.138. The fourth-order valence-electron chi connectivity index (χ4n) is 1.55. The van der Waals surface area contributed by atoms with Crippen LogP contribution in [0.5, 0.6) is 0 Å². The van der Waals surface area contributed by atoms with Gasteiger partial charge in [0.15, 0.2) is 0 Å². The number of anilines is 1. The number of aromatic nitrogens is 2. The van der Waals surface area contributed by atoms with Crippen LogP contribution < -0.4 is 10.9 Å². The highest BCUT2D eigenvalue weighted by atomic mass is 16.2. The lowest BCUT2D eigenvalue weighted by Crippen LogP contribution is -2.20. The number of aliphatic hydroxyl groups is 1. The maximum Gasteiger partial charge on any atom is 0.252 e. The Bertz CT molecular complexity index is 401. The van der Waals surface area contributed by atoms with E-state index in [-0.39, 0.29) is 24.1 Å². The van der Waals surface area contributed by atoms with Gasteiger partial charge in [-0.25, -0.2) is 4.98 Å². The molecule has 0 aliphatic carbocycles. The van der Waals surface area contributed by atoms with Crippen molar-refractivity contribution in [3.8, 4) is 0 Å². The molecule has 0 aromatic carbocycles. The minimum Gasteiger partial charge on any atom is -0.396 e. The Balaban J connectivity index is 2.73. The molecule has 96 valence electrons. The highest BCUT2D eigenvalue weighted by molar-refractivity contribution is 5.34. The van der Waals surface area contributed by atoms with Crippen molar-refractivity contribution in [3.63, 3.8) is 0 Å². The Morgan fingerprint density at radius 3 is 2.76 bits per heavy atom. The van der Waals surface area contributed by atoms with E-state index in [1.54, 1.807) is 0 Å². The maximum absolute atomic E-state index is 11.4. The molecular weight excluding hydrogens is 218 g/mol. The second-order valence-corrected chi connectivity index (χ2v) is 4.58.